The first-order valence-electron chi connectivity index (χ1n) is 4.50. The molecule has 3 heteroatoms. The molecule has 3 atom stereocenters. The molecule has 1 amide bonds. The summed E-state index contributed by atoms with van der Waals surface area (Å²) in [5.74, 6) is 0.0568. The zero-order chi connectivity index (χ0) is 9.14. The molecule has 1 rings (SSSR count). The fourth-order valence-electron chi connectivity index (χ4n) is 1.81. The van der Waals surface area contributed by atoms with E-state index < -0.39 is 0 Å². The summed E-state index contributed by atoms with van der Waals surface area (Å²) >= 11 is 0. The predicted octanol–water partition coefficient (Wildman–Crippen LogP) is 1.08. The van der Waals surface area contributed by atoms with Gasteiger partial charge in [-0.25, -0.2) is 0 Å². The summed E-state index contributed by atoms with van der Waals surface area (Å²) in [7, 11) is 0. The topological polar surface area (TPSA) is 38.3 Å². The minimum absolute atomic E-state index is 0.0568. The Morgan fingerprint density at radius 3 is 2.25 bits per heavy atom. The van der Waals surface area contributed by atoms with Crippen LogP contribution in [-0.4, -0.2) is 24.2 Å². The average Bonchev–Trinajstić information content (AvgIpc) is 1.81. The number of ether oxygens (including phenoxy) is 1. The van der Waals surface area contributed by atoms with Crippen LogP contribution in [0.5, 0.6) is 0 Å². The van der Waals surface area contributed by atoms with Crippen LogP contribution in [0.2, 0.25) is 0 Å². The molecule has 0 radical (unpaired) electrons. The van der Waals surface area contributed by atoms with Gasteiger partial charge in [-0.05, 0) is 26.7 Å². The Bertz CT molecular complexity index is 160. The van der Waals surface area contributed by atoms with Crippen LogP contribution in [-0.2, 0) is 9.53 Å². The van der Waals surface area contributed by atoms with E-state index in [-0.39, 0.29) is 18.1 Å². The van der Waals surface area contributed by atoms with E-state index in [1.807, 2.05) is 13.8 Å². The number of nitrogens with one attached hydrogen (secondary N) is 1. The van der Waals surface area contributed by atoms with Gasteiger partial charge >= 0.3 is 0 Å². The third-order valence-electron chi connectivity index (χ3n) is 2.10. The maximum Gasteiger partial charge on any atom is 0.217 e. The van der Waals surface area contributed by atoms with E-state index in [0.29, 0.717) is 6.04 Å². The molecular weight excluding hydrogens is 154 g/mol. The summed E-state index contributed by atoms with van der Waals surface area (Å²) in [6.45, 7) is 5.65. The summed E-state index contributed by atoms with van der Waals surface area (Å²) in [6, 6.07) is 0.307. The van der Waals surface area contributed by atoms with Gasteiger partial charge in [0.2, 0.25) is 5.91 Å². The highest BCUT2D eigenvalue weighted by atomic mass is 16.5. The van der Waals surface area contributed by atoms with Crippen LogP contribution in [0.4, 0.5) is 0 Å². The maximum absolute atomic E-state index is 10.8. The molecule has 0 saturated carbocycles. The molecule has 0 aromatic rings. The molecule has 0 aromatic heterocycles. The largest absolute Gasteiger partial charge is 0.375 e. The molecule has 3 nitrogen and oxygen atoms in total. The van der Waals surface area contributed by atoms with Crippen LogP contribution in [0, 0.1) is 0 Å². The van der Waals surface area contributed by atoms with Gasteiger partial charge in [0.15, 0.2) is 0 Å². The molecule has 0 aromatic carbocycles. The molecule has 0 spiro atoms. The minimum Gasteiger partial charge on any atom is -0.375 e. The van der Waals surface area contributed by atoms with Crippen LogP contribution in [0.1, 0.15) is 33.6 Å². The number of amides is 1. The van der Waals surface area contributed by atoms with Crippen LogP contribution < -0.4 is 5.32 Å². The first-order valence-corrected chi connectivity index (χ1v) is 4.50. The molecular formula is C9H17NO2. The number of carbonyl (C=O) groups is 1. The minimum atomic E-state index is 0.0568. The van der Waals surface area contributed by atoms with Crippen molar-refractivity contribution in [1.29, 1.82) is 0 Å². The van der Waals surface area contributed by atoms with Gasteiger partial charge in [-0.2, -0.15) is 0 Å². The summed E-state index contributed by atoms with van der Waals surface area (Å²) < 4.78 is 5.55. The number of hydrogen-bond donors (Lipinski definition) is 1. The molecule has 1 saturated heterocycles. The molecule has 1 aliphatic rings. The Kier molecular flexibility index (Phi) is 3.09. The fourth-order valence-corrected chi connectivity index (χ4v) is 1.81. The lowest BCUT2D eigenvalue weighted by molar-refractivity contribution is -0.121. The van der Waals surface area contributed by atoms with Crippen molar-refractivity contribution in [1.82, 2.24) is 5.32 Å². The van der Waals surface area contributed by atoms with E-state index in [0.717, 1.165) is 12.8 Å². The Balaban J connectivity index is 2.38. The van der Waals surface area contributed by atoms with Crippen LogP contribution in [0.3, 0.4) is 0 Å². The lowest BCUT2D eigenvalue weighted by Gasteiger charge is -2.32. The van der Waals surface area contributed by atoms with Gasteiger partial charge in [-0.15, -0.1) is 0 Å². The zero-order valence-corrected chi connectivity index (χ0v) is 7.96. The highest BCUT2D eigenvalue weighted by Crippen LogP contribution is 2.18. The normalized spacial score (nSPS) is 36.1. The molecule has 0 bridgehead atoms. The van der Waals surface area contributed by atoms with E-state index in [4.69, 9.17) is 4.74 Å². The lowest BCUT2D eigenvalue weighted by Crippen LogP contribution is -2.43. The molecule has 1 unspecified atom stereocenters. The van der Waals surface area contributed by atoms with E-state index in [9.17, 15) is 4.79 Å². The van der Waals surface area contributed by atoms with Gasteiger partial charge in [0.1, 0.15) is 0 Å². The molecule has 12 heavy (non-hydrogen) atoms. The average molecular weight is 171 g/mol. The summed E-state index contributed by atoms with van der Waals surface area (Å²) in [5, 5.41) is 2.92. The summed E-state index contributed by atoms with van der Waals surface area (Å²) in [5.41, 5.74) is 0. The quantitative estimate of drug-likeness (QED) is 0.641. The van der Waals surface area contributed by atoms with Crippen LogP contribution in [0.15, 0.2) is 0 Å². The van der Waals surface area contributed by atoms with Crippen molar-refractivity contribution in [3.63, 3.8) is 0 Å². The SMILES string of the molecule is CC(=O)NC1C[C@@H](C)O[C@@H](C)C1. The monoisotopic (exact) mass is 171 g/mol. The van der Waals surface area contributed by atoms with Crippen molar-refractivity contribution in [2.24, 2.45) is 0 Å². The van der Waals surface area contributed by atoms with Crippen molar-refractivity contribution >= 4 is 5.91 Å². The molecule has 0 aliphatic carbocycles. The van der Waals surface area contributed by atoms with Gasteiger partial charge in [0, 0.05) is 13.0 Å². The molecule has 1 fully saturated rings. The number of rotatable bonds is 1. The van der Waals surface area contributed by atoms with Crippen LogP contribution in [0.25, 0.3) is 0 Å². The first-order chi connectivity index (χ1) is 5.58. The Morgan fingerprint density at radius 1 is 1.33 bits per heavy atom. The van der Waals surface area contributed by atoms with Gasteiger partial charge in [-0.1, -0.05) is 0 Å². The van der Waals surface area contributed by atoms with Crippen molar-refractivity contribution < 1.29 is 9.53 Å². The second kappa shape index (κ2) is 3.90. The lowest BCUT2D eigenvalue weighted by atomic mass is 10.00. The van der Waals surface area contributed by atoms with Gasteiger partial charge in [0.25, 0.3) is 0 Å². The van der Waals surface area contributed by atoms with Crippen molar-refractivity contribution in [2.45, 2.75) is 51.9 Å². The highest BCUT2D eigenvalue weighted by Gasteiger charge is 2.24. The smallest absolute Gasteiger partial charge is 0.217 e. The standard InChI is InChI=1S/C9H17NO2/c1-6-4-9(10-8(3)11)5-7(2)12-6/h6-7,9H,4-5H2,1-3H3,(H,10,11)/t6-,7+,9?. The zero-order valence-electron chi connectivity index (χ0n) is 7.96. The fraction of sp³-hybridized carbons (Fsp3) is 0.889. The molecule has 70 valence electrons. The van der Waals surface area contributed by atoms with E-state index in [2.05, 4.69) is 5.32 Å². The van der Waals surface area contributed by atoms with E-state index in [1.54, 1.807) is 6.92 Å². The third kappa shape index (κ3) is 2.81. The first kappa shape index (κ1) is 9.52. The van der Waals surface area contributed by atoms with Crippen molar-refractivity contribution in [3.05, 3.63) is 0 Å². The van der Waals surface area contributed by atoms with E-state index >= 15 is 0 Å². The van der Waals surface area contributed by atoms with E-state index in [1.165, 1.54) is 0 Å². The molecule has 1 aliphatic heterocycles. The van der Waals surface area contributed by atoms with Gasteiger partial charge < -0.3 is 10.1 Å². The number of hydrogen-bond acceptors (Lipinski definition) is 2. The van der Waals surface area contributed by atoms with Crippen molar-refractivity contribution in [3.8, 4) is 0 Å². The second-order valence-corrected chi connectivity index (χ2v) is 3.63. The van der Waals surface area contributed by atoms with Crippen molar-refractivity contribution in [2.75, 3.05) is 0 Å². The predicted molar refractivity (Wildman–Crippen MR) is 46.8 cm³/mol. The summed E-state index contributed by atoms with van der Waals surface area (Å²) in [4.78, 5) is 10.8. The Hall–Kier alpha value is -0.570. The molecule has 1 N–H and O–H groups in total. The van der Waals surface area contributed by atoms with Crippen LogP contribution >= 0.6 is 0 Å². The second-order valence-electron chi connectivity index (χ2n) is 3.63. The van der Waals surface area contributed by atoms with Gasteiger partial charge in [0.05, 0.1) is 12.2 Å². The molecule has 1 heterocycles. The maximum atomic E-state index is 10.8. The number of carbonyl (C=O) groups excluding carboxylic acids is 1. The third-order valence-corrected chi connectivity index (χ3v) is 2.10. The summed E-state index contributed by atoms with van der Waals surface area (Å²) in [6.07, 6.45) is 2.41. The highest BCUT2D eigenvalue weighted by molar-refractivity contribution is 5.73. The Labute approximate surface area is 73.5 Å². The van der Waals surface area contributed by atoms with Gasteiger partial charge in [-0.3, -0.25) is 4.79 Å². The Morgan fingerprint density at radius 2 is 1.83 bits per heavy atom.